The molecule has 0 saturated carbocycles. The molecule has 0 radical (unpaired) electrons. The number of fused-ring (bicyclic) bond motifs is 1. The number of nitrogens with one attached hydrogen (secondary N) is 1. The van der Waals surface area contributed by atoms with E-state index >= 15 is 0 Å². The Morgan fingerprint density at radius 1 is 1.19 bits per heavy atom. The molecule has 1 aromatic rings. The van der Waals surface area contributed by atoms with Crippen LogP contribution in [-0.4, -0.2) is 34.3 Å². The molecule has 6 nitrogen and oxygen atoms in total. The number of hydrogen-bond donors (Lipinski definition) is 2. The molecule has 1 amide bonds. The van der Waals surface area contributed by atoms with Crippen molar-refractivity contribution in [3.05, 3.63) is 18.0 Å². The van der Waals surface area contributed by atoms with Crippen LogP contribution >= 0.6 is 0 Å². The highest BCUT2D eigenvalue weighted by Crippen LogP contribution is 2.37. The van der Waals surface area contributed by atoms with Gasteiger partial charge in [0.15, 0.2) is 5.60 Å². The third-order valence-electron chi connectivity index (χ3n) is 4.59. The SMILES string of the molecule is CC1(O)C(=O)Nc2cc(B3OC(C)(C)C(C)(C)O3)cnc21. The molecular weight excluding hydrogens is 271 g/mol. The van der Waals surface area contributed by atoms with E-state index in [1.807, 2.05) is 27.7 Å². The summed E-state index contributed by atoms with van der Waals surface area (Å²) in [6.07, 6.45) is 1.58. The van der Waals surface area contributed by atoms with Gasteiger partial charge in [-0.15, -0.1) is 0 Å². The highest BCUT2D eigenvalue weighted by molar-refractivity contribution is 6.62. The van der Waals surface area contributed by atoms with Crippen molar-refractivity contribution in [2.24, 2.45) is 0 Å². The topological polar surface area (TPSA) is 80.7 Å². The van der Waals surface area contributed by atoms with E-state index in [1.54, 1.807) is 12.3 Å². The minimum atomic E-state index is -1.59. The van der Waals surface area contributed by atoms with Crippen molar-refractivity contribution < 1.29 is 19.2 Å². The number of carbonyl (C=O) groups excluding carboxylic acids is 1. The summed E-state index contributed by atoms with van der Waals surface area (Å²) < 4.78 is 11.9. The van der Waals surface area contributed by atoms with E-state index < -0.39 is 29.8 Å². The predicted molar refractivity (Wildman–Crippen MR) is 78.2 cm³/mol. The second-order valence-corrected chi connectivity index (χ2v) is 6.78. The van der Waals surface area contributed by atoms with Gasteiger partial charge >= 0.3 is 7.12 Å². The Morgan fingerprint density at radius 2 is 1.76 bits per heavy atom. The van der Waals surface area contributed by atoms with E-state index in [1.165, 1.54) is 6.92 Å². The number of aromatic nitrogens is 1. The first-order valence-corrected chi connectivity index (χ1v) is 6.94. The molecule has 7 heteroatoms. The fourth-order valence-corrected chi connectivity index (χ4v) is 2.42. The number of hydrogen-bond acceptors (Lipinski definition) is 5. The van der Waals surface area contributed by atoms with Gasteiger partial charge in [-0.2, -0.15) is 0 Å². The van der Waals surface area contributed by atoms with Crippen LogP contribution < -0.4 is 10.8 Å². The third-order valence-corrected chi connectivity index (χ3v) is 4.59. The Labute approximate surface area is 124 Å². The summed E-state index contributed by atoms with van der Waals surface area (Å²) in [4.78, 5) is 15.9. The average molecular weight is 290 g/mol. The van der Waals surface area contributed by atoms with Gasteiger partial charge in [0.25, 0.3) is 5.91 Å². The molecule has 0 aromatic carbocycles. The van der Waals surface area contributed by atoms with E-state index in [4.69, 9.17) is 9.31 Å². The summed E-state index contributed by atoms with van der Waals surface area (Å²) in [5, 5.41) is 12.7. The maximum Gasteiger partial charge on any atom is 0.496 e. The number of carbonyl (C=O) groups is 1. The maximum atomic E-state index is 11.7. The van der Waals surface area contributed by atoms with Crippen LogP contribution in [0.1, 0.15) is 40.3 Å². The molecule has 3 rings (SSSR count). The average Bonchev–Trinajstić information content (AvgIpc) is 2.70. The van der Waals surface area contributed by atoms with Crippen molar-refractivity contribution in [1.29, 1.82) is 0 Å². The molecule has 21 heavy (non-hydrogen) atoms. The molecule has 2 aliphatic rings. The smallest absolute Gasteiger partial charge is 0.399 e. The van der Waals surface area contributed by atoms with E-state index in [-0.39, 0.29) is 0 Å². The number of aliphatic hydroxyl groups is 1. The molecule has 3 heterocycles. The van der Waals surface area contributed by atoms with Gasteiger partial charge in [0, 0.05) is 11.7 Å². The number of amides is 1. The summed E-state index contributed by atoms with van der Waals surface area (Å²) >= 11 is 0. The monoisotopic (exact) mass is 290 g/mol. The van der Waals surface area contributed by atoms with Crippen LogP contribution in [0, 0.1) is 0 Å². The second-order valence-electron chi connectivity index (χ2n) is 6.78. The van der Waals surface area contributed by atoms with Crippen molar-refractivity contribution in [1.82, 2.24) is 4.98 Å². The van der Waals surface area contributed by atoms with Crippen LogP contribution in [-0.2, 0) is 19.7 Å². The van der Waals surface area contributed by atoms with Crippen molar-refractivity contribution in [3.63, 3.8) is 0 Å². The van der Waals surface area contributed by atoms with Crippen LogP contribution in [0.5, 0.6) is 0 Å². The zero-order valence-electron chi connectivity index (χ0n) is 12.9. The molecule has 1 fully saturated rings. The lowest BCUT2D eigenvalue weighted by molar-refractivity contribution is -0.132. The van der Waals surface area contributed by atoms with E-state index in [2.05, 4.69) is 10.3 Å². The van der Waals surface area contributed by atoms with Crippen molar-refractivity contribution in [2.75, 3.05) is 5.32 Å². The van der Waals surface area contributed by atoms with Crippen LogP contribution in [0.25, 0.3) is 0 Å². The predicted octanol–water partition coefficient (Wildman–Crippen LogP) is 0.540. The highest BCUT2D eigenvalue weighted by atomic mass is 16.7. The van der Waals surface area contributed by atoms with Gasteiger partial charge < -0.3 is 19.7 Å². The van der Waals surface area contributed by atoms with E-state index in [9.17, 15) is 9.90 Å². The zero-order chi connectivity index (χ0) is 15.6. The van der Waals surface area contributed by atoms with E-state index in [0.29, 0.717) is 16.8 Å². The van der Waals surface area contributed by atoms with Gasteiger partial charge in [0.05, 0.1) is 16.9 Å². The molecule has 1 aromatic heterocycles. The molecule has 0 spiro atoms. The number of pyridine rings is 1. The summed E-state index contributed by atoms with van der Waals surface area (Å²) in [6.45, 7) is 9.32. The lowest BCUT2D eigenvalue weighted by atomic mass is 9.80. The largest absolute Gasteiger partial charge is 0.496 e. The minimum absolute atomic E-state index is 0.327. The Kier molecular flexibility index (Phi) is 2.80. The second kappa shape index (κ2) is 4.06. The molecule has 1 atom stereocenters. The van der Waals surface area contributed by atoms with Crippen LogP contribution in [0.15, 0.2) is 12.3 Å². The molecule has 112 valence electrons. The van der Waals surface area contributed by atoms with Crippen LogP contribution in [0.2, 0.25) is 0 Å². The quantitative estimate of drug-likeness (QED) is 0.738. The van der Waals surface area contributed by atoms with Crippen molar-refractivity contribution in [2.45, 2.75) is 51.4 Å². The lowest BCUT2D eigenvalue weighted by Crippen LogP contribution is -2.41. The third kappa shape index (κ3) is 1.99. The van der Waals surface area contributed by atoms with Gasteiger partial charge in [-0.1, -0.05) is 0 Å². The lowest BCUT2D eigenvalue weighted by Gasteiger charge is -2.32. The molecule has 2 aliphatic heterocycles. The normalized spacial score (nSPS) is 29.4. The fraction of sp³-hybridized carbons (Fsp3) is 0.571. The Balaban J connectivity index is 1.94. The first kappa shape index (κ1) is 14.5. The van der Waals surface area contributed by atoms with Gasteiger partial charge in [-0.25, -0.2) is 0 Å². The maximum absolute atomic E-state index is 11.7. The van der Waals surface area contributed by atoms with Gasteiger partial charge in [-0.3, -0.25) is 9.78 Å². The van der Waals surface area contributed by atoms with Crippen molar-refractivity contribution >= 4 is 24.2 Å². The molecule has 0 bridgehead atoms. The van der Waals surface area contributed by atoms with Crippen LogP contribution in [0.4, 0.5) is 5.69 Å². The molecule has 1 unspecified atom stereocenters. The van der Waals surface area contributed by atoms with Gasteiger partial charge in [0.1, 0.15) is 5.69 Å². The Bertz CT molecular complexity index is 611. The summed E-state index contributed by atoms with van der Waals surface area (Å²) in [5.74, 6) is -0.476. The zero-order valence-corrected chi connectivity index (χ0v) is 12.9. The number of nitrogens with zero attached hydrogens (tertiary/aromatic N) is 1. The summed E-state index contributed by atoms with van der Waals surface area (Å²) in [5.41, 5.74) is -0.934. The minimum Gasteiger partial charge on any atom is -0.399 e. The molecule has 2 N–H and O–H groups in total. The Hall–Kier alpha value is -1.44. The first-order valence-electron chi connectivity index (χ1n) is 6.94. The number of rotatable bonds is 1. The van der Waals surface area contributed by atoms with E-state index in [0.717, 1.165) is 0 Å². The summed E-state index contributed by atoms with van der Waals surface area (Å²) in [6, 6.07) is 1.74. The molecule has 1 saturated heterocycles. The Morgan fingerprint density at radius 3 is 2.33 bits per heavy atom. The van der Waals surface area contributed by atoms with Gasteiger partial charge in [-0.05, 0) is 40.7 Å². The number of anilines is 1. The first-order chi connectivity index (χ1) is 9.54. The molecule has 0 aliphatic carbocycles. The van der Waals surface area contributed by atoms with Crippen LogP contribution in [0.3, 0.4) is 0 Å². The summed E-state index contributed by atoms with van der Waals surface area (Å²) in [7, 11) is -0.546. The molecular formula is C14H19BN2O4. The van der Waals surface area contributed by atoms with Crippen molar-refractivity contribution in [3.8, 4) is 0 Å². The highest BCUT2D eigenvalue weighted by Gasteiger charge is 2.52. The van der Waals surface area contributed by atoms with Gasteiger partial charge in [0.2, 0.25) is 0 Å². The standard InChI is InChI=1S/C14H19BN2O4/c1-12(2)13(3,4)21-15(20-12)8-6-9-10(16-7-8)14(5,19)11(18)17-9/h6-7,19H,1-5H3,(H,17,18). The fourth-order valence-electron chi connectivity index (χ4n) is 2.42.